The number of ketones is 1. The molecule has 84 valence electrons. The molecule has 0 aromatic heterocycles. The zero-order valence-electron chi connectivity index (χ0n) is 9.54. The summed E-state index contributed by atoms with van der Waals surface area (Å²) in [6.45, 7) is 7.92. The first kappa shape index (κ1) is 10.7. The maximum absolute atomic E-state index is 11.2. The van der Waals surface area contributed by atoms with E-state index in [1.807, 2.05) is 6.08 Å². The third-order valence-electron chi connectivity index (χ3n) is 3.40. The van der Waals surface area contributed by atoms with E-state index in [2.05, 4.69) is 16.7 Å². The lowest BCUT2D eigenvalue weighted by molar-refractivity contribution is -0.114. The third kappa shape index (κ3) is 2.59. The molecule has 2 rings (SSSR count). The van der Waals surface area contributed by atoms with Crippen LogP contribution >= 0.6 is 0 Å². The van der Waals surface area contributed by atoms with Crippen LogP contribution in [0, 0.1) is 0 Å². The summed E-state index contributed by atoms with van der Waals surface area (Å²) in [5.41, 5.74) is 1.28. The molecule has 0 saturated carbocycles. The highest BCUT2D eigenvalue weighted by Gasteiger charge is 2.20. The van der Waals surface area contributed by atoms with Crippen molar-refractivity contribution in [1.29, 1.82) is 0 Å². The van der Waals surface area contributed by atoms with Crippen molar-refractivity contribution in [3.8, 4) is 0 Å². The van der Waals surface area contributed by atoms with Crippen molar-refractivity contribution in [2.75, 3.05) is 32.7 Å². The molecule has 1 aliphatic carbocycles. The molecule has 0 atom stereocenters. The summed E-state index contributed by atoms with van der Waals surface area (Å²) in [5, 5.41) is 0. The Morgan fingerprint density at radius 3 is 2.73 bits per heavy atom. The summed E-state index contributed by atoms with van der Waals surface area (Å²) < 4.78 is 0. The van der Waals surface area contributed by atoms with Crippen LogP contribution in [0.25, 0.3) is 0 Å². The highest BCUT2D eigenvalue weighted by molar-refractivity contribution is 5.92. The van der Waals surface area contributed by atoms with Crippen LogP contribution in [0.4, 0.5) is 0 Å². The van der Waals surface area contributed by atoms with E-state index in [1.54, 1.807) is 0 Å². The van der Waals surface area contributed by atoms with E-state index >= 15 is 0 Å². The monoisotopic (exact) mass is 208 g/mol. The summed E-state index contributed by atoms with van der Waals surface area (Å²) in [7, 11) is 0. The van der Waals surface area contributed by atoms with Gasteiger partial charge >= 0.3 is 0 Å². The van der Waals surface area contributed by atoms with Gasteiger partial charge in [0.2, 0.25) is 0 Å². The van der Waals surface area contributed by atoms with E-state index in [-0.39, 0.29) is 0 Å². The number of nitrogens with zero attached hydrogens (tertiary/aromatic N) is 2. The number of likely N-dealkylation sites (N-methyl/N-ethyl adjacent to an activating group) is 1. The van der Waals surface area contributed by atoms with Gasteiger partial charge in [0, 0.05) is 37.8 Å². The predicted molar refractivity (Wildman–Crippen MR) is 60.6 cm³/mol. The summed E-state index contributed by atoms with van der Waals surface area (Å²) >= 11 is 0. The highest BCUT2D eigenvalue weighted by atomic mass is 16.1. The van der Waals surface area contributed by atoms with E-state index < -0.39 is 0 Å². The van der Waals surface area contributed by atoms with Gasteiger partial charge in [-0.25, -0.2) is 0 Å². The van der Waals surface area contributed by atoms with Crippen molar-refractivity contribution in [2.24, 2.45) is 0 Å². The zero-order valence-corrected chi connectivity index (χ0v) is 9.54. The molecule has 2 aliphatic rings. The number of rotatable bonds is 2. The standard InChI is InChI=1S/C12H20N2O/c1-2-13-6-3-7-14(9-8-13)11-4-5-12(15)10-11/h10H,2-9H2,1H3. The summed E-state index contributed by atoms with van der Waals surface area (Å²) in [4.78, 5) is 16.1. The summed E-state index contributed by atoms with van der Waals surface area (Å²) in [6.07, 6.45) is 4.76. The first-order valence-electron chi connectivity index (χ1n) is 6.00. The van der Waals surface area contributed by atoms with E-state index in [0.29, 0.717) is 5.78 Å². The van der Waals surface area contributed by atoms with Gasteiger partial charge in [0.15, 0.2) is 5.78 Å². The van der Waals surface area contributed by atoms with E-state index in [1.165, 1.54) is 18.7 Å². The smallest absolute Gasteiger partial charge is 0.157 e. The largest absolute Gasteiger partial charge is 0.373 e. The fourth-order valence-corrected chi connectivity index (χ4v) is 2.41. The average Bonchev–Trinajstić information content (AvgIpc) is 2.54. The minimum absolute atomic E-state index is 0.307. The maximum atomic E-state index is 11.2. The van der Waals surface area contributed by atoms with Crippen molar-refractivity contribution >= 4 is 5.78 Å². The quantitative estimate of drug-likeness (QED) is 0.682. The normalized spacial score (nSPS) is 24.2. The molecule has 1 fully saturated rings. The van der Waals surface area contributed by atoms with Crippen molar-refractivity contribution in [3.63, 3.8) is 0 Å². The van der Waals surface area contributed by atoms with Gasteiger partial charge in [-0.3, -0.25) is 4.79 Å². The Balaban J connectivity index is 1.93. The number of carbonyl (C=O) groups excluding carboxylic acids is 1. The molecule has 0 unspecified atom stereocenters. The number of carbonyl (C=O) groups is 1. The van der Waals surface area contributed by atoms with Gasteiger partial charge in [0.25, 0.3) is 0 Å². The Labute approximate surface area is 91.7 Å². The molecule has 0 aromatic carbocycles. The second-order valence-electron chi connectivity index (χ2n) is 4.38. The minimum Gasteiger partial charge on any atom is -0.373 e. The van der Waals surface area contributed by atoms with Crippen molar-refractivity contribution < 1.29 is 4.79 Å². The Morgan fingerprint density at radius 2 is 2.07 bits per heavy atom. The first-order valence-corrected chi connectivity index (χ1v) is 6.00. The molecule has 0 bridgehead atoms. The van der Waals surface area contributed by atoms with Crippen LogP contribution in [0.15, 0.2) is 11.8 Å². The Morgan fingerprint density at radius 1 is 1.20 bits per heavy atom. The zero-order chi connectivity index (χ0) is 10.7. The predicted octanol–water partition coefficient (Wildman–Crippen LogP) is 1.26. The SMILES string of the molecule is CCN1CCCN(C2=CC(=O)CC2)CC1. The molecule has 1 heterocycles. The van der Waals surface area contributed by atoms with Gasteiger partial charge in [-0.05, 0) is 25.9 Å². The third-order valence-corrected chi connectivity index (χ3v) is 3.40. The molecule has 3 heteroatoms. The van der Waals surface area contributed by atoms with Crippen molar-refractivity contribution in [3.05, 3.63) is 11.8 Å². The molecular weight excluding hydrogens is 188 g/mol. The lowest BCUT2D eigenvalue weighted by atomic mass is 10.3. The van der Waals surface area contributed by atoms with Gasteiger partial charge in [0.05, 0.1) is 0 Å². The Hall–Kier alpha value is -0.830. The lowest BCUT2D eigenvalue weighted by Gasteiger charge is -2.24. The Kier molecular flexibility index (Phi) is 3.41. The minimum atomic E-state index is 0.307. The summed E-state index contributed by atoms with van der Waals surface area (Å²) in [5.74, 6) is 0.307. The molecule has 0 spiro atoms. The van der Waals surface area contributed by atoms with E-state index in [0.717, 1.165) is 39.0 Å². The molecule has 3 nitrogen and oxygen atoms in total. The second kappa shape index (κ2) is 4.79. The van der Waals surface area contributed by atoms with Crippen LogP contribution in [0.1, 0.15) is 26.2 Å². The lowest BCUT2D eigenvalue weighted by Crippen LogP contribution is -2.29. The molecule has 1 saturated heterocycles. The van der Waals surface area contributed by atoms with Gasteiger partial charge < -0.3 is 9.80 Å². The van der Waals surface area contributed by atoms with Crippen LogP contribution in [0.2, 0.25) is 0 Å². The van der Waals surface area contributed by atoms with Crippen LogP contribution in [-0.4, -0.2) is 48.3 Å². The first-order chi connectivity index (χ1) is 7.29. The van der Waals surface area contributed by atoms with Crippen LogP contribution in [-0.2, 0) is 4.79 Å². The number of allylic oxidation sites excluding steroid dienone is 2. The molecule has 0 radical (unpaired) electrons. The highest BCUT2D eigenvalue weighted by Crippen LogP contribution is 2.20. The maximum Gasteiger partial charge on any atom is 0.157 e. The van der Waals surface area contributed by atoms with Crippen LogP contribution in [0.3, 0.4) is 0 Å². The topological polar surface area (TPSA) is 23.6 Å². The van der Waals surface area contributed by atoms with Crippen molar-refractivity contribution in [1.82, 2.24) is 9.80 Å². The fraction of sp³-hybridized carbons (Fsp3) is 0.750. The van der Waals surface area contributed by atoms with Gasteiger partial charge in [-0.1, -0.05) is 6.92 Å². The molecule has 0 amide bonds. The number of hydrogen-bond donors (Lipinski definition) is 0. The second-order valence-corrected chi connectivity index (χ2v) is 4.38. The van der Waals surface area contributed by atoms with E-state index in [4.69, 9.17) is 0 Å². The number of hydrogen-bond acceptors (Lipinski definition) is 3. The molecule has 15 heavy (non-hydrogen) atoms. The fourth-order valence-electron chi connectivity index (χ4n) is 2.41. The average molecular weight is 208 g/mol. The molecule has 1 aliphatic heterocycles. The summed E-state index contributed by atoms with van der Waals surface area (Å²) in [6, 6.07) is 0. The Bertz CT molecular complexity index is 273. The van der Waals surface area contributed by atoms with Gasteiger partial charge in [-0.2, -0.15) is 0 Å². The van der Waals surface area contributed by atoms with Gasteiger partial charge in [0.1, 0.15) is 0 Å². The molecular formula is C12H20N2O. The molecule has 0 N–H and O–H groups in total. The van der Waals surface area contributed by atoms with Gasteiger partial charge in [-0.15, -0.1) is 0 Å². The van der Waals surface area contributed by atoms with Crippen molar-refractivity contribution in [2.45, 2.75) is 26.2 Å². The molecule has 0 aromatic rings. The van der Waals surface area contributed by atoms with E-state index in [9.17, 15) is 4.79 Å². The van der Waals surface area contributed by atoms with Crippen LogP contribution < -0.4 is 0 Å². The van der Waals surface area contributed by atoms with Crippen LogP contribution in [0.5, 0.6) is 0 Å².